The topological polar surface area (TPSA) is 67.2 Å². The number of Topliss-reactive ketones (excluding diaryl/α,β-unsaturated/α-hetero) is 1. The molecule has 118 valence electrons. The highest BCUT2D eigenvalue weighted by atomic mass is 16.6. The molecule has 0 heterocycles. The van der Waals surface area contributed by atoms with E-state index >= 15 is 0 Å². The van der Waals surface area contributed by atoms with E-state index in [2.05, 4.69) is 19.9 Å². The van der Waals surface area contributed by atoms with E-state index in [1.807, 2.05) is 6.92 Å². The summed E-state index contributed by atoms with van der Waals surface area (Å²) in [7, 11) is 0. The van der Waals surface area contributed by atoms with Crippen molar-refractivity contribution < 1.29 is 14.3 Å². The molecule has 4 heteroatoms. The van der Waals surface area contributed by atoms with Crippen LogP contribution in [0, 0.1) is 35.0 Å². The van der Waals surface area contributed by atoms with Crippen LogP contribution in [0.25, 0.3) is 0 Å². The number of hydrogen-bond donors (Lipinski definition) is 0. The number of rotatable bonds is 5. The van der Waals surface area contributed by atoms with Crippen molar-refractivity contribution in [1.29, 1.82) is 5.26 Å². The molecule has 1 fully saturated rings. The van der Waals surface area contributed by atoms with Crippen LogP contribution in [0.2, 0.25) is 0 Å². The number of nitriles is 1. The van der Waals surface area contributed by atoms with Crippen molar-refractivity contribution in [2.45, 2.75) is 65.9 Å². The molecule has 1 aliphatic carbocycles. The van der Waals surface area contributed by atoms with Crippen LogP contribution in [0.1, 0.15) is 60.3 Å². The third-order valence-electron chi connectivity index (χ3n) is 4.84. The van der Waals surface area contributed by atoms with Crippen LogP contribution in [0.4, 0.5) is 0 Å². The Hall–Kier alpha value is -1.37. The fourth-order valence-corrected chi connectivity index (χ4v) is 3.73. The van der Waals surface area contributed by atoms with Gasteiger partial charge in [0, 0.05) is 19.3 Å². The molecule has 0 saturated heterocycles. The van der Waals surface area contributed by atoms with Crippen molar-refractivity contribution in [3.63, 3.8) is 0 Å². The van der Waals surface area contributed by atoms with Gasteiger partial charge in [0.05, 0.1) is 12.0 Å². The monoisotopic (exact) mass is 293 g/mol. The van der Waals surface area contributed by atoms with Gasteiger partial charge >= 0.3 is 5.97 Å². The van der Waals surface area contributed by atoms with Gasteiger partial charge in [-0.25, -0.2) is 0 Å². The molecule has 4 atom stereocenters. The van der Waals surface area contributed by atoms with E-state index in [1.54, 1.807) is 6.92 Å². The molecule has 0 amide bonds. The number of carbonyl (C=O) groups excluding carboxylic acids is 2. The normalized spacial score (nSPS) is 32.5. The summed E-state index contributed by atoms with van der Waals surface area (Å²) in [6.07, 6.45) is 2.69. The lowest BCUT2D eigenvalue weighted by atomic mass is 9.61. The average Bonchev–Trinajstić information content (AvgIpc) is 2.34. The van der Waals surface area contributed by atoms with Gasteiger partial charge in [-0.15, -0.1) is 0 Å². The van der Waals surface area contributed by atoms with Gasteiger partial charge in [0.1, 0.15) is 11.4 Å². The molecule has 0 radical (unpaired) electrons. The Morgan fingerprint density at radius 1 is 1.38 bits per heavy atom. The van der Waals surface area contributed by atoms with E-state index in [0.29, 0.717) is 24.7 Å². The first-order valence-electron chi connectivity index (χ1n) is 7.80. The summed E-state index contributed by atoms with van der Waals surface area (Å²) in [5.41, 5.74) is -0.632. The Bertz CT molecular complexity index is 438. The fraction of sp³-hybridized carbons (Fsp3) is 0.824. The molecule has 1 saturated carbocycles. The highest BCUT2D eigenvalue weighted by Gasteiger charge is 2.49. The van der Waals surface area contributed by atoms with E-state index in [4.69, 9.17) is 4.74 Å². The zero-order valence-electron chi connectivity index (χ0n) is 13.8. The van der Waals surface area contributed by atoms with E-state index in [0.717, 1.165) is 12.8 Å². The van der Waals surface area contributed by atoms with Gasteiger partial charge in [0.25, 0.3) is 0 Å². The second-order valence-electron chi connectivity index (χ2n) is 6.85. The summed E-state index contributed by atoms with van der Waals surface area (Å²) in [5.74, 6) is 0.277. The van der Waals surface area contributed by atoms with Crippen molar-refractivity contribution in [3.8, 4) is 6.07 Å². The van der Waals surface area contributed by atoms with Crippen LogP contribution >= 0.6 is 0 Å². The second kappa shape index (κ2) is 7.06. The van der Waals surface area contributed by atoms with E-state index in [9.17, 15) is 14.9 Å². The molecule has 0 aromatic heterocycles. The summed E-state index contributed by atoms with van der Waals surface area (Å²) in [6.45, 7) is 9.15. The van der Waals surface area contributed by atoms with Crippen molar-refractivity contribution in [2.24, 2.45) is 23.7 Å². The lowest BCUT2D eigenvalue weighted by Crippen LogP contribution is -2.49. The third kappa shape index (κ3) is 4.30. The quantitative estimate of drug-likeness (QED) is 0.728. The first-order valence-corrected chi connectivity index (χ1v) is 7.80. The number of esters is 1. The van der Waals surface area contributed by atoms with E-state index in [1.165, 1.54) is 6.92 Å². The summed E-state index contributed by atoms with van der Waals surface area (Å²) in [6, 6.07) is 2.43. The summed E-state index contributed by atoms with van der Waals surface area (Å²) in [5, 5.41) is 9.64. The number of carbonyl (C=O) groups is 2. The van der Waals surface area contributed by atoms with Crippen LogP contribution in [0.5, 0.6) is 0 Å². The number of ketones is 1. The van der Waals surface area contributed by atoms with Crippen molar-refractivity contribution in [2.75, 3.05) is 0 Å². The minimum Gasteiger partial charge on any atom is -0.459 e. The molecule has 0 aromatic carbocycles. The lowest BCUT2D eigenvalue weighted by Gasteiger charge is -2.47. The van der Waals surface area contributed by atoms with Crippen molar-refractivity contribution >= 4 is 11.8 Å². The Labute approximate surface area is 127 Å². The van der Waals surface area contributed by atoms with Crippen LogP contribution in [-0.4, -0.2) is 17.4 Å². The van der Waals surface area contributed by atoms with Crippen molar-refractivity contribution in [3.05, 3.63) is 0 Å². The zero-order chi connectivity index (χ0) is 16.2. The predicted molar refractivity (Wildman–Crippen MR) is 80.2 cm³/mol. The van der Waals surface area contributed by atoms with Gasteiger partial charge in [0.2, 0.25) is 0 Å². The zero-order valence-corrected chi connectivity index (χ0v) is 13.8. The standard InChI is InChI=1S/C17H27NO3/c1-11(2)14-8-9-17(5,21-13(4)20)16(15(14)10-18)7-6-12(3)19/h11,14-16H,6-9H2,1-5H3/t14-,15+,16-,17+/m0/s1. The third-order valence-corrected chi connectivity index (χ3v) is 4.84. The van der Waals surface area contributed by atoms with Crippen molar-refractivity contribution in [1.82, 2.24) is 0 Å². The number of ether oxygens (including phenoxy) is 1. The SMILES string of the molecule is CC(=O)CC[C@H]1[C@H](C#N)[C@H](C(C)C)CC[C@@]1(C)OC(C)=O. The van der Waals surface area contributed by atoms with Gasteiger partial charge < -0.3 is 9.53 Å². The van der Waals surface area contributed by atoms with Gasteiger partial charge in [-0.1, -0.05) is 13.8 Å². The predicted octanol–water partition coefficient (Wildman–Crippen LogP) is 3.50. The molecule has 4 nitrogen and oxygen atoms in total. The van der Waals surface area contributed by atoms with Gasteiger partial charge in [-0.3, -0.25) is 4.79 Å². The smallest absolute Gasteiger partial charge is 0.303 e. The molecular formula is C17H27NO3. The molecule has 0 aromatic rings. The number of hydrogen-bond acceptors (Lipinski definition) is 4. The second-order valence-corrected chi connectivity index (χ2v) is 6.85. The molecule has 1 rings (SSSR count). The van der Waals surface area contributed by atoms with Gasteiger partial charge in [-0.2, -0.15) is 5.26 Å². The molecular weight excluding hydrogens is 266 g/mol. The van der Waals surface area contributed by atoms with E-state index in [-0.39, 0.29) is 23.6 Å². The highest BCUT2D eigenvalue weighted by Crippen LogP contribution is 2.47. The highest BCUT2D eigenvalue weighted by molar-refractivity contribution is 5.75. The molecule has 0 spiro atoms. The van der Waals surface area contributed by atoms with Crippen LogP contribution < -0.4 is 0 Å². The van der Waals surface area contributed by atoms with Gasteiger partial charge in [-0.05, 0) is 44.9 Å². The Balaban J connectivity index is 3.06. The molecule has 0 bridgehead atoms. The summed E-state index contributed by atoms with van der Waals surface area (Å²) < 4.78 is 5.58. The maximum Gasteiger partial charge on any atom is 0.303 e. The Kier molecular flexibility index (Phi) is 5.95. The average molecular weight is 293 g/mol. The first kappa shape index (κ1) is 17.7. The van der Waals surface area contributed by atoms with Crippen LogP contribution in [0.3, 0.4) is 0 Å². The molecule has 0 N–H and O–H groups in total. The van der Waals surface area contributed by atoms with Gasteiger partial charge in [0.15, 0.2) is 0 Å². The summed E-state index contributed by atoms with van der Waals surface area (Å²) in [4.78, 5) is 22.8. The minimum absolute atomic E-state index is 0.0727. The van der Waals surface area contributed by atoms with E-state index < -0.39 is 5.60 Å². The number of nitrogens with zero attached hydrogens (tertiary/aromatic N) is 1. The maximum absolute atomic E-state index is 11.4. The molecule has 0 aliphatic heterocycles. The Morgan fingerprint density at radius 3 is 2.43 bits per heavy atom. The minimum atomic E-state index is -0.632. The lowest BCUT2D eigenvalue weighted by molar-refractivity contribution is -0.171. The molecule has 1 aliphatic rings. The maximum atomic E-state index is 11.4. The molecule has 0 unspecified atom stereocenters. The largest absolute Gasteiger partial charge is 0.459 e. The molecule has 21 heavy (non-hydrogen) atoms. The van der Waals surface area contributed by atoms with Crippen LogP contribution in [-0.2, 0) is 14.3 Å². The summed E-state index contributed by atoms with van der Waals surface area (Å²) >= 11 is 0. The van der Waals surface area contributed by atoms with Crippen LogP contribution in [0.15, 0.2) is 0 Å². The Morgan fingerprint density at radius 2 is 2.00 bits per heavy atom. The fourth-order valence-electron chi connectivity index (χ4n) is 3.73. The first-order chi connectivity index (χ1) is 9.71.